The van der Waals surface area contributed by atoms with E-state index in [0.29, 0.717) is 6.07 Å². The number of Topliss-reactive ketones (excluding diaryl/α,β-unsaturated/α-hetero) is 1. The van der Waals surface area contributed by atoms with Crippen LogP contribution < -0.4 is 0 Å². The molecule has 9 heteroatoms. The maximum Gasteiger partial charge on any atom is 0.345 e. The molecule has 0 heterocycles. The number of nitro benzene ring substituents is 1. The van der Waals surface area contributed by atoms with Crippen molar-refractivity contribution < 1.29 is 28.0 Å². The average Bonchev–Trinajstić information content (AvgIpc) is 2.56. The lowest BCUT2D eigenvalue weighted by molar-refractivity contribution is -0.385. The molecule has 2 rings (SSSR count). The second kappa shape index (κ2) is 7.35. The Labute approximate surface area is 145 Å². The number of halogens is 3. The zero-order chi connectivity index (χ0) is 18.7. The number of esters is 1. The largest absolute Gasteiger partial charge is 0.450 e. The van der Waals surface area contributed by atoms with E-state index >= 15 is 0 Å². The molecule has 0 aliphatic heterocycles. The normalized spacial score (nSPS) is 11.7. The van der Waals surface area contributed by atoms with Gasteiger partial charge in [-0.2, -0.15) is 0 Å². The number of rotatable bonds is 5. The third-order valence-corrected chi connectivity index (χ3v) is 3.47. The first-order valence-electron chi connectivity index (χ1n) is 6.85. The van der Waals surface area contributed by atoms with Crippen LogP contribution in [0, 0.1) is 21.7 Å². The first-order chi connectivity index (χ1) is 11.7. The second-order valence-corrected chi connectivity index (χ2v) is 5.40. The minimum Gasteiger partial charge on any atom is -0.450 e. The second-order valence-electron chi connectivity index (χ2n) is 4.96. The van der Waals surface area contributed by atoms with Gasteiger partial charge in [0.15, 0.2) is 17.7 Å². The summed E-state index contributed by atoms with van der Waals surface area (Å²) >= 11 is 5.72. The number of carbonyl (C=O) groups is 2. The van der Waals surface area contributed by atoms with E-state index in [-0.39, 0.29) is 10.6 Å². The molecular weight excluding hydrogens is 360 g/mol. The molecule has 0 aromatic heterocycles. The van der Waals surface area contributed by atoms with E-state index < -0.39 is 45.7 Å². The molecule has 0 aliphatic carbocycles. The van der Waals surface area contributed by atoms with Crippen molar-refractivity contribution in [1.29, 1.82) is 0 Å². The van der Waals surface area contributed by atoms with Crippen molar-refractivity contribution in [2.45, 2.75) is 13.0 Å². The van der Waals surface area contributed by atoms with Gasteiger partial charge in [-0.15, -0.1) is 0 Å². The quantitative estimate of drug-likeness (QED) is 0.344. The van der Waals surface area contributed by atoms with Crippen LogP contribution >= 0.6 is 11.6 Å². The number of ether oxygens (including phenoxy) is 1. The van der Waals surface area contributed by atoms with Gasteiger partial charge in [0.2, 0.25) is 5.78 Å². The fraction of sp³-hybridized carbons (Fsp3) is 0.125. The maximum atomic E-state index is 13.2. The number of ketones is 1. The summed E-state index contributed by atoms with van der Waals surface area (Å²) in [5.74, 6) is -4.29. The Morgan fingerprint density at radius 2 is 1.84 bits per heavy atom. The molecular formula is C16H10ClF2NO5. The van der Waals surface area contributed by atoms with Crippen LogP contribution in [-0.2, 0) is 4.74 Å². The van der Waals surface area contributed by atoms with Gasteiger partial charge in [0.05, 0.1) is 4.92 Å². The number of benzene rings is 2. The lowest BCUT2D eigenvalue weighted by atomic mass is 10.1. The molecule has 0 bridgehead atoms. The predicted molar refractivity (Wildman–Crippen MR) is 83.7 cm³/mol. The van der Waals surface area contributed by atoms with Crippen molar-refractivity contribution in [3.05, 3.63) is 74.3 Å². The van der Waals surface area contributed by atoms with Crippen LogP contribution in [0.1, 0.15) is 27.6 Å². The minimum atomic E-state index is -1.38. The Balaban J connectivity index is 2.22. The van der Waals surface area contributed by atoms with Gasteiger partial charge >= 0.3 is 5.97 Å². The summed E-state index contributed by atoms with van der Waals surface area (Å²) in [6, 6.07) is 5.76. The molecule has 0 saturated carbocycles. The minimum absolute atomic E-state index is 0.0668. The van der Waals surface area contributed by atoms with E-state index in [4.69, 9.17) is 16.3 Å². The SMILES string of the molecule is CC(OC(=O)c1cc(Cl)ccc1[N+](=O)[O-])C(=O)c1ccc(F)c(F)c1. The maximum absolute atomic E-state index is 13.2. The number of nitro groups is 1. The molecule has 6 nitrogen and oxygen atoms in total. The zero-order valence-corrected chi connectivity index (χ0v) is 13.4. The molecule has 2 aromatic carbocycles. The summed E-state index contributed by atoms with van der Waals surface area (Å²) in [5, 5.41) is 11.0. The molecule has 0 spiro atoms. The van der Waals surface area contributed by atoms with Gasteiger partial charge in [-0.05, 0) is 37.3 Å². The van der Waals surface area contributed by atoms with Gasteiger partial charge in [0, 0.05) is 16.7 Å². The highest BCUT2D eigenvalue weighted by Gasteiger charge is 2.26. The molecule has 0 aliphatic rings. The summed E-state index contributed by atoms with van der Waals surface area (Å²) in [5.41, 5.74) is -1.18. The monoisotopic (exact) mass is 369 g/mol. The third kappa shape index (κ3) is 4.16. The van der Waals surface area contributed by atoms with E-state index in [1.807, 2.05) is 0 Å². The van der Waals surface area contributed by atoms with Gasteiger partial charge in [-0.25, -0.2) is 13.6 Å². The average molecular weight is 370 g/mol. The Hall–Kier alpha value is -2.87. The van der Waals surface area contributed by atoms with Crippen LogP contribution in [0.25, 0.3) is 0 Å². The first-order valence-corrected chi connectivity index (χ1v) is 7.22. The van der Waals surface area contributed by atoms with Crippen LogP contribution in [0.3, 0.4) is 0 Å². The molecule has 1 unspecified atom stereocenters. The van der Waals surface area contributed by atoms with Crippen molar-refractivity contribution in [2.75, 3.05) is 0 Å². The highest BCUT2D eigenvalue weighted by atomic mass is 35.5. The van der Waals surface area contributed by atoms with Crippen molar-refractivity contribution >= 4 is 29.0 Å². The van der Waals surface area contributed by atoms with Crippen molar-refractivity contribution in [1.82, 2.24) is 0 Å². The molecule has 130 valence electrons. The van der Waals surface area contributed by atoms with Crippen molar-refractivity contribution in [3.63, 3.8) is 0 Å². The smallest absolute Gasteiger partial charge is 0.345 e. The van der Waals surface area contributed by atoms with Crippen LogP contribution in [0.4, 0.5) is 14.5 Å². The van der Waals surface area contributed by atoms with E-state index in [0.717, 1.165) is 24.3 Å². The predicted octanol–water partition coefficient (Wildman–Crippen LogP) is 3.95. The van der Waals surface area contributed by atoms with Gasteiger partial charge in [-0.3, -0.25) is 14.9 Å². The highest BCUT2D eigenvalue weighted by Crippen LogP contribution is 2.24. The molecule has 25 heavy (non-hydrogen) atoms. The van der Waals surface area contributed by atoms with Crippen LogP contribution in [0.15, 0.2) is 36.4 Å². The lowest BCUT2D eigenvalue weighted by Crippen LogP contribution is -2.25. The third-order valence-electron chi connectivity index (χ3n) is 3.23. The number of nitrogens with zero attached hydrogens (tertiary/aromatic N) is 1. The first kappa shape index (κ1) is 18.5. The Morgan fingerprint density at radius 1 is 1.16 bits per heavy atom. The zero-order valence-electron chi connectivity index (χ0n) is 12.7. The standard InChI is InChI=1S/C16H10ClF2NO5/c1-8(15(21)9-2-4-12(18)13(19)6-9)25-16(22)11-7-10(17)3-5-14(11)20(23)24/h2-8H,1H3. The van der Waals surface area contributed by atoms with E-state index in [1.165, 1.54) is 13.0 Å². The van der Waals surface area contributed by atoms with E-state index in [2.05, 4.69) is 0 Å². The number of hydrogen-bond donors (Lipinski definition) is 0. The summed E-state index contributed by atoms with van der Waals surface area (Å²) in [6.07, 6.45) is -1.38. The van der Waals surface area contributed by atoms with E-state index in [1.54, 1.807) is 0 Å². The van der Waals surface area contributed by atoms with Crippen molar-refractivity contribution in [3.8, 4) is 0 Å². The fourth-order valence-corrected chi connectivity index (χ4v) is 2.16. The van der Waals surface area contributed by atoms with Gasteiger partial charge in [-0.1, -0.05) is 11.6 Å². The Morgan fingerprint density at radius 3 is 2.44 bits per heavy atom. The molecule has 0 amide bonds. The molecule has 2 aromatic rings. The van der Waals surface area contributed by atoms with Gasteiger partial charge < -0.3 is 4.74 Å². The summed E-state index contributed by atoms with van der Waals surface area (Å²) in [7, 11) is 0. The molecule has 0 N–H and O–H groups in total. The number of carbonyl (C=O) groups excluding carboxylic acids is 2. The topological polar surface area (TPSA) is 86.5 Å². The number of hydrogen-bond acceptors (Lipinski definition) is 5. The van der Waals surface area contributed by atoms with Crippen LogP contribution in [0.2, 0.25) is 5.02 Å². The Bertz CT molecular complexity index is 872. The van der Waals surface area contributed by atoms with Crippen LogP contribution in [-0.4, -0.2) is 22.8 Å². The lowest BCUT2D eigenvalue weighted by Gasteiger charge is -2.13. The fourth-order valence-electron chi connectivity index (χ4n) is 1.99. The Kier molecular flexibility index (Phi) is 5.43. The molecule has 1 atom stereocenters. The van der Waals surface area contributed by atoms with Gasteiger partial charge in [0.25, 0.3) is 5.69 Å². The van der Waals surface area contributed by atoms with E-state index in [9.17, 15) is 28.5 Å². The molecule has 0 radical (unpaired) electrons. The van der Waals surface area contributed by atoms with Crippen molar-refractivity contribution in [2.24, 2.45) is 0 Å². The van der Waals surface area contributed by atoms with Crippen LogP contribution in [0.5, 0.6) is 0 Å². The summed E-state index contributed by atoms with van der Waals surface area (Å²) < 4.78 is 31.0. The highest BCUT2D eigenvalue weighted by molar-refractivity contribution is 6.31. The van der Waals surface area contributed by atoms with Gasteiger partial charge in [0.1, 0.15) is 5.56 Å². The summed E-state index contributed by atoms with van der Waals surface area (Å²) in [4.78, 5) is 34.4. The molecule has 0 saturated heterocycles. The molecule has 0 fully saturated rings. The summed E-state index contributed by atoms with van der Waals surface area (Å²) in [6.45, 7) is 1.21.